The van der Waals surface area contributed by atoms with Crippen LogP contribution in [0.4, 0.5) is 0 Å². The summed E-state index contributed by atoms with van der Waals surface area (Å²) in [7, 11) is -3.38. The minimum atomic E-state index is -3.38. The number of hydrogen-bond acceptors (Lipinski definition) is 5. The maximum atomic E-state index is 12.8. The Bertz CT molecular complexity index is 672. The van der Waals surface area contributed by atoms with Crippen LogP contribution in [0, 0.1) is 0 Å². The number of sulfonamides is 1. The average molecular weight is 328 g/mol. The minimum Gasteiger partial charge on any atom is -0.248 e. The summed E-state index contributed by atoms with van der Waals surface area (Å²) in [6.07, 6.45) is 4.50. The van der Waals surface area contributed by atoms with Crippen LogP contribution in [0.5, 0.6) is 0 Å². The fraction of sp³-hybridized carbons (Fsp3) is 0.462. The Morgan fingerprint density at radius 2 is 2.20 bits per heavy atom. The molecule has 2 aromatic heterocycles. The molecule has 7 heteroatoms. The van der Waals surface area contributed by atoms with Crippen molar-refractivity contribution in [3.63, 3.8) is 0 Å². The van der Waals surface area contributed by atoms with Gasteiger partial charge in [0.1, 0.15) is 9.22 Å². The fourth-order valence-corrected chi connectivity index (χ4v) is 5.81. The van der Waals surface area contributed by atoms with Crippen LogP contribution >= 0.6 is 22.7 Å². The maximum absolute atomic E-state index is 12.8. The highest BCUT2D eigenvalue weighted by atomic mass is 32.2. The Hall–Kier alpha value is -0.760. The molecule has 0 unspecified atom stereocenters. The molecule has 1 saturated carbocycles. The van der Waals surface area contributed by atoms with E-state index in [1.54, 1.807) is 16.6 Å². The maximum Gasteiger partial charge on any atom is 0.253 e. The van der Waals surface area contributed by atoms with Gasteiger partial charge in [0.05, 0.1) is 6.54 Å². The zero-order valence-electron chi connectivity index (χ0n) is 11.2. The van der Waals surface area contributed by atoms with Gasteiger partial charge in [0.2, 0.25) is 0 Å². The van der Waals surface area contributed by atoms with E-state index in [1.165, 1.54) is 22.7 Å². The summed E-state index contributed by atoms with van der Waals surface area (Å²) in [5, 5.41) is 2.74. The van der Waals surface area contributed by atoms with E-state index in [0.29, 0.717) is 10.8 Å². The average Bonchev–Trinajstić information content (AvgIpc) is 2.96. The zero-order valence-corrected chi connectivity index (χ0v) is 13.6. The fourth-order valence-electron chi connectivity index (χ4n) is 2.04. The number of nitrogens with zero attached hydrogens (tertiary/aromatic N) is 2. The second-order valence-electron chi connectivity index (χ2n) is 4.78. The van der Waals surface area contributed by atoms with Gasteiger partial charge in [0.25, 0.3) is 10.0 Å². The number of aromatic nitrogens is 1. The zero-order chi connectivity index (χ0) is 14.2. The molecular weight excluding hydrogens is 312 g/mol. The molecule has 0 saturated heterocycles. The molecule has 0 aromatic carbocycles. The molecule has 2 aromatic rings. The predicted octanol–water partition coefficient (Wildman–Crippen LogP) is 3.12. The van der Waals surface area contributed by atoms with Crippen molar-refractivity contribution in [1.82, 2.24) is 9.29 Å². The summed E-state index contributed by atoms with van der Waals surface area (Å²) in [6.45, 7) is 2.43. The Balaban J connectivity index is 1.89. The van der Waals surface area contributed by atoms with E-state index in [1.807, 2.05) is 18.4 Å². The predicted molar refractivity (Wildman–Crippen MR) is 81.6 cm³/mol. The normalized spacial score (nSPS) is 15.9. The molecular formula is C13H16N2O2S3. The van der Waals surface area contributed by atoms with Gasteiger partial charge in [-0.25, -0.2) is 13.4 Å². The van der Waals surface area contributed by atoms with Crippen LogP contribution in [-0.4, -0.2) is 23.7 Å². The molecule has 0 amide bonds. The topological polar surface area (TPSA) is 50.3 Å². The number of aryl methyl sites for hydroxylation is 1. The lowest BCUT2D eigenvalue weighted by molar-refractivity contribution is 0.399. The number of hydrogen-bond donors (Lipinski definition) is 0. The quantitative estimate of drug-likeness (QED) is 0.818. The molecule has 0 atom stereocenters. The molecule has 1 fully saturated rings. The van der Waals surface area contributed by atoms with Gasteiger partial charge in [-0.15, -0.1) is 22.7 Å². The van der Waals surface area contributed by atoms with Crippen molar-refractivity contribution in [2.75, 3.05) is 0 Å². The molecule has 108 valence electrons. The van der Waals surface area contributed by atoms with Crippen molar-refractivity contribution in [2.24, 2.45) is 0 Å². The molecule has 20 heavy (non-hydrogen) atoms. The third-order valence-electron chi connectivity index (χ3n) is 3.28. The van der Waals surface area contributed by atoms with E-state index >= 15 is 0 Å². The van der Waals surface area contributed by atoms with Gasteiger partial charge in [-0.05, 0) is 31.4 Å². The van der Waals surface area contributed by atoms with E-state index in [9.17, 15) is 8.42 Å². The van der Waals surface area contributed by atoms with E-state index in [-0.39, 0.29) is 6.04 Å². The first-order valence-electron chi connectivity index (χ1n) is 6.60. The van der Waals surface area contributed by atoms with Crippen LogP contribution < -0.4 is 0 Å². The second kappa shape index (κ2) is 5.55. The molecule has 4 nitrogen and oxygen atoms in total. The highest BCUT2D eigenvalue weighted by molar-refractivity contribution is 7.91. The summed E-state index contributed by atoms with van der Waals surface area (Å²) < 4.78 is 27.6. The first kappa shape index (κ1) is 14.2. The van der Waals surface area contributed by atoms with Crippen LogP contribution in [0.1, 0.15) is 29.7 Å². The van der Waals surface area contributed by atoms with Crippen molar-refractivity contribution >= 4 is 32.7 Å². The molecule has 0 aliphatic heterocycles. The smallest absolute Gasteiger partial charge is 0.248 e. The Morgan fingerprint density at radius 1 is 1.40 bits per heavy atom. The van der Waals surface area contributed by atoms with Crippen molar-refractivity contribution in [2.45, 2.75) is 43.0 Å². The van der Waals surface area contributed by atoms with Gasteiger partial charge in [-0.2, -0.15) is 4.31 Å². The molecule has 2 heterocycles. The van der Waals surface area contributed by atoms with Gasteiger partial charge in [0, 0.05) is 22.5 Å². The van der Waals surface area contributed by atoms with Crippen molar-refractivity contribution < 1.29 is 8.42 Å². The monoisotopic (exact) mass is 328 g/mol. The second-order valence-corrected chi connectivity index (χ2v) is 9.05. The van der Waals surface area contributed by atoms with Crippen molar-refractivity contribution in [3.8, 4) is 0 Å². The van der Waals surface area contributed by atoms with Crippen LogP contribution in [0.25, 0.3) is 0 Å². The number of rotatable bonds is 6. The molecule has 0 N–H and O–H groups in total. The standard InChI is InChI=1S/C13H16N2O2S3/c1-2-11-5-6-13(19-11)20(16,17)15(10-3-4-10)9-12-14-7-8-18-12/h5-8,10H,2-4,9H2,1H3. The van der Waals surface area contributed by atoms with Gasteiger partial charge < -0.3 is 0 Å². The highest BCUT2D eigenvalue weighted by Crippen LogP contribution is 2.35. The first-order valence-corrected chi connectivity index (χ1v) is 9.74. The number of thiazole rings is 1. The molecule has 0 bridgehead atoms. The summed E-state index contributed by atoms with van der Waals surface area (Å²) in [5.74, 6) is 0. The van der Waals surface area contributed by atoms with E-state index in [4.69, 9.17) is 0 Å². The van der Waals surface area contributed by atoms with Gasteiger partial charge in [0.15, 0.2) is 0 Å². The Kier molecular flexibility index (Phi) is 3.94. The molecule has 0 spiro atoms. The summed E-state index contributed by atoms with van der Waals surface area (Å²) in [4.78, 5) is 5.32. The van der Waals surface area contributed by atoms with Crippen molar-refractivity contribution in [3.05, 3.63) is 33.6 Å². The Morgan fingerprint density at radius 3 is 2.75 bits per heavy atom. The van der Waals surface area contributed by atoms with Crippen LogP contribution in [0.2, 0.25) is 0 Å². The minimum absolute atomic E-state index is 0.149. The molecule has 1 aliphatic carbocycles. The Labute approximate surface area is 127 Å². The molecule has 3 rings (SSSR count). The number of thiophene rings is 1. The van der Waals surface area contributed by atoms with E-state index < -0.39 is 10.0 Å². The summed E-state index contributed by atoms with van der Waals surface area (Å²) in [6, 6.07) is 3.79. The van der Waals surface area contributed by atoms with E-state index in [2.05, 4.69) is 4.98 Å². The van der Waals surface area contributed by atoms with E-state index in [0.717, 1.165) is 29.1 Å². The van der Waals surface area contributed by atoms with Gasteiger partial charge >= 0.3 is 0 Å². The third kappa shape index (κ3) is 2.81. The van der Waals surface area contributed by atoms with Crippen LogP contribution in [0.15, 0.2) is 27.9 Å². The lowest BCUT2D eigenvalue weighted by Gasteiger charge is -2.19. The third-order valence-corrected chi connectivity index (χ3v) is 7.64. The first-order chi connectivity index (χ1) is 9.61. The van der Waals surface area contributed by atoms with Crippen LogP contribution in [-0.2, 0) is 23.0 Å². The lowest BCUT2D eigenvalue weighted by Crippen LogP contribution is -2.32. The summed E-state index contributed by atoms with van der Waals surface area (Å²) in [5.41, 5.74) is 0. The molecule has 0 radical (unpaired) electrons. The summed E-state index contributed by atoms with van der Waals surface area (Å²) >= 11 is 2.88. The highest BCUT2D eigenvalue weighted by Gasteiger charge is 2.39. The SMILES string of the molecule is CCc1ccc(S(=O)(=O)N(Cc2nccs2)C2CC2)s1. The van der Waals surface area contributed by atoms with Crippen LogP contribution in [0.3, 0.4) is 0 Å². The molecule has 1 aliphatic rings. The van der Waals surface area contributed by atoms with Crippen molar-refractivity contribution in [1.29, 1.82) is 0 Å². The largest absolute Gasteiger partial charge is 0.253 e. The lowest BCUT2D eigenvalue weighted by atomic mass is 10.4. The van der Waals surface area contributed by atoms with Gasteiger partial charge in [-0.1, -0.05) is 6.92 Å². The van der Waals surface area contributed by atoms with Gasteiger partial charge in [-0.3, -0.25) is 0 Å².